The minimum absolute atomic E-state index is 0.0241. The SMILES string of the molecule is CN1c2ccccc2N(C)C1Cc1ncccc1[N+](=O)[O-]. The van der Waals surface area contributed by atoms with Gasteiger partial charge in [-0.3, -0.25) is 15.1 Å². The molecule has 21 heavy (non-hydrogen) atoms. The molecule has 1 aromatic carbocycles. The van der Waals surface area contributed by atoms with Crippen LogP contribution in [0, 0.1) is 10.1 Å². The lowest BCUT2D eigenvalue weighted by Gasteiger charge is -2.27. The Balaban J connectivity index is 1.92. The van der Waals surface area contributed by atoms with Crippen molar-refractivity contribution in [2.24, 2.45) is 0 Å². The third-order valence-electron chi connectivity index (χ3n) is 3.97. The number of anilines is 2. The standard InChI is InChI=1S/C15H16N4O2/c1-17-13-6-3-4-7-14(13)18(2)15(17)10-11-12(19(20)21)8-5-9-16-11/h3-9,15H,10H2,1-2H3. The van der Waals surface area contributed by atoms with Crippen LogP contribution in [0.15, 0.2) is 42.6 Å². The zero-order valence-electron chi connectivity index (χ0n) is 11.9. The van der Waals surface area contributed by atoms with Gasteiger partial charge in [0.05, 0.1) is 16.3 Å². The molecule has 0 radical (unpaired) electrons. The highest BCUT2D eigenvalue weighted by molar-refractivity contribution is 5.77. The fourth-order valence-electron chi connectivity index (χ4n) is 2.84. The fourth-order valence-corrected chi connectivity index (χ4v) is 2.84. The molecule has 2 heterocycles. The van der Waals surface area contributed by atoms with Gasteiger partial charge in [0.2, 0.25) is 0 Å². The number of aromatic nitrogens is 1. The van der Waals surface area contributed by atoms with Crippen LogP contribution in [0.25, 0.3) is 0 Å². The molecule has 0 bridgehead atoms. The van der Waals surface area contributed by atoms with E-state index in [1.165, 1.54) is 6.07 Å². The average Bonchev–Trinajstić information content (AvgIpc) is 2.73. The van der Waals surface area contributed by atoms with E-state index in [4.69, 9.17) is 0 Å². The van der Waals surface area contributed by atoms with Crippen molar-refractivity contribution >= 4 is 17.1 Å². The summed E-state index contributed by atoms with van der Waals surface area (Å²) in [5.41, 5.74) is 2.85. The van der Waals surface area contributed by atoms with Gasteiger partial charge >= 0.3 is 0 Å². The summed E-state index contributed by atoms with van der Waals surface area (Å²) >= 11 is 0. The highest BCUT2D eigenvalue weighted by Gasteiger charge is 2.32. The molecule has 3 rings (SSSR count). The number of rotatable bonds is 3. The van der Waals surface area contributed by atoms with Gasteiger partial charge < -0.3 is 9.80 Å². The van der Waals surface area contributed by atoms with Gasteiger partial charge in [-0.1, -0.05) is 12.1 Å². The van der Waals surface area contributed by atoms with E-state index in [1.807, 2.05) is 26.2 Å². The first-order valence-electron chi connectivity index (χ1n) is 6.72. The van der Waals surface area contributed by atoms with Crippen molar-refractivity contribution < 1.29 is 4.92 Å². The molecule has 0 spiro atoms. The number of benzene rings is 1. The summed E-state index contributed by atoms with van der Waals surface area (Å²) < 4.78 is 0. The molecule has 1 aromatic heterocycles. The Morgan fingerprint density at radius 3 is 2.33 bits per heavy atom. The Hall–Kier alpha value is -2.63. The number of hydrogen-bond acceptors (Lipinski definition) is 5. The normalized spacial score (nSPS) is 14.4. The third-order valence-corrected chi connectivity index (χ3v) is 3.97. The maximum absolute atomic E-state index is 11.1. The van der Waals surface area contributed by atoms with E-state index in [1.54, 1.807) is 12.3 Å². The van der Waals surface area contributed by atoms with E-state index in [0.29, 0.717) is 12.1 Å². The van der Waals surface area contributed by atoms with Crippen LogP contribution in [0.2, 0.25) is 0 Å². The molecule has 2 aromatic rings. The zero-order valence-corrected chi connectivity index (χ0v) is 11.9. The summed E-state index contributed by atoms with van der Waals surface area (Å²) in [4.78, 5) is 19.2. The van der Waals surface area contributed by atoms with Gasteiger partial charge in [0.25, 0.3) is 5.69 Å². The highest BCUT2D eigenvalue weighted by atomic mass is 16.6. The minimum atomic E-state index is -0.371. The van der Waals surface area contributed by atoms with E-state index in [2.05, 4.69) is 26.9 Å². The molecule has 0 atom stereocenters. The molecule has 0 N–H and O–H groups in total. The van der Waals surface area contributed by atoms with Crippen molar-refractivity contribution in [3.8, 4) is 0 Å². The summed E-state index contributed by atoms with van der Waals surface area (Å²) in [6.45, 7) is 0. The summed E-state index contributed by atoms with van der Waals surface area (Å²) in [5.74, 6) is 0. The molecule has 0 fully saturated rings. The van der Waals surface area contributed by atoms with Crippen LogP contribution in [-0.2, 0) is 6.42 Å². The second-order valence-electron chi connectivity index (χ2n) is 5.12. The number of likely N-dealkylation sites (N-methyl/N-ethyl adjacent to an activating group) is 2. The van der Waals surface area contributed by atoms with Crippen molar-refractivity contribution in [1.82, 2.24) is 4.98 Å². The van der Waals surface area contributed by atoms with Crippen molar-refractivity contribution in [3.05, 3.63) is 58.4 Å². The van der Waals surface area contributed by atoms with E-state index in [9.17, 15) is 10.1 Å². The molecule has 0 unspecified atom stereocenters. The topological polar surface area (TPSA) is 62.5 Å². The van der Waals surface area contributed by atoms with E-state index >= 15 is 0 Å². The average molecular weight is 284 g/mol. The Morgan fingerprint density at radius 2 is 1.76 bits per heavy atom. The zero-order chi connectivity index (χ0) is 15.0. The number of fused-ring (bicyclic) bond motifs is 1. The second kappa shape index (κ2) is 5.05. The maximum Gasteiger partial charge on any atom is 0.290 e. The molecule has 0 saturated heterocycles. The predicted octanol–water partition coefficient (Wildman–Crippen LogP) is 2.44. The van der Waals surface area contributed by atoms with Gasteiger partial charge in [0.15, 0.2) is 0 Å². The van der Waals surface area contributed by atoms with Crippen LogP contribution in [-0.4, -0.2) is 30.2 Å². The molecule has 6 heteroatoms. The van der Waals surface area contributed by atoms with Gasteiger partial charge in [0.1, 0.15) is 11.9 Å². The third kappa shape index (κ3) is 2.18. The summed E-state index contributed by atoms with van der Waals surface area (Å²) in [6, 6.07) is 11.2. The van der Waals surface area contributed by atoms with Crippen molar-refractivity contribution in [2.45, 2.75) is 12.6 Å². The van der Waals surface area contributed by atoms with Crippen molar-refractivity contribution in [3.63, 3.8) is 0 Å². The van der Waals surface area contributed by atoms with Crippen LogP contribution in [0.1, 0.15) is 5.69 Å². The van der Waals surface area contributed by atoms with Crippen LogP contribution >= 0.6 is 0 Å². The lowest BCUT2D eigenvalue weighted by atomic mass is 10.2. The fraction of sp³-hybridized carbons (Fsp3) is 0.267. The first-order valence-corrected chi connectivity index (χ1v) is 6.72. The largest absolute Gasteiger partial charge is 0.352 e. The summed E-state index contributed by atoms with van der Waals surface area (Å²) in [5, 5.41) is 11.1. The van der Waals surface area contributed by atoms with Gasteiger partial charge in [-0.05, 0) is 18.2 Å². The highest BCUT2D eigenvalue weighted by Crippen LogP contribution is 2.38. The molecule has 0 amide bonds. The van der Waals surface area contributed by atoms with Gasteiger partial charge in [-0.2, -0.15) is 0 Å². The smallest absolute Gasteiger partial charge is 0.290 e. The first-order chi connectivity index (χ1) is 10.1. The minimum Gasteiger partial charge on any atom is -0.352 e. The van der Waals surface area contributed by atoms with Crippen LogP contribution in [0.3, 0.4) is 0 Å². The number of para-hydroxylation sites is 2. The van der Waals surface area contributed by atoms with Gasteiger partial charge in [-0.15, -0.1) is 0 Å². The van der Waals surface area contributed by atoms with Crippen molar-refractivity contribution in [2.75, 3.05) is 23.9 Å². The Kier molecular flexibility index (Phi) is 3.21. The number of nitrogens with zero attached hydrogens (tertiary/aromatic N) is 4. The Labute approximate surface area is 122 Å². The molecule has 1 aliphatic rings. The maximum atomic E-state index is 11.1. The lowest BCUT2D eigenvalue weighted by molar-refractivity contribution is -0.386. The predicted molar refractivity (Wildman–Crippen MR) is 81.6 cm³/mol. The number of hydrogen-bond donors (Lipinski definition) is 0. The molecule has 6 nitrogen and oxygen atoms in total. The first kappa shape index (κ1) is 13.4. The van der Waals surface area contributed by atoms with E-state index in [-0.39, 0.29) is 16.8 Å². The van der Waals surface area contributed by atoms with Crippen LogP contribution in [0.4, 0.5) is 17.1 Å². The molecular weight excluding hydrogens is 268 g/mol. The Bertz CT molecular complexity index is 660. The van der Waals surface area contributed by atoms with E-state index < -0.39 is 0 Å². The van der Waals surface area contributed by atoms with E-state index in [0.717, 1.165) is 11.4 Å². The molecular formula is C15H16N4O2. The summed E-state index contributed by atoms with van der Waals surface area (Å²) in [7, 11) is 4.00. The van der Waals surface area contributed by atoms with Crippen LogP contribution < -0.4 is 9.80 Å². The van der Waals surface area contributed by atoms with Crippen molar-refractivity contribution in [1.29, 1.82) is 0 Å². The number of pyridine rings is 1. The molecule has 1 aliphatic heterocycles. The molecule has 0 aliphatic carbocycles. The molecule has 108 valence electrons. The monoisotopic (exact) mass is 284 g/mol. The number of nitro groups is 1. The van der Waals surface area contributed by atoms with Gasteiger partial charge in [-0.25, -0.2) is 0 Å². The van der Waals surface area contributed by atoms with Gasteiger partial charge in [0, 0.05) is 32.8 Å². The second-order valence-corrected chi connectivity index (χ2v) is 5.12. The van der Waals surface area contributed by atoms with Crippen LogP contribution in [0.5, 0.6) is 0 Å². The lowest BCUT2D eigenvalue weighted by Crippen LogP contribution is -2.41. The summed E-state index contributed by atoms with van der Waals surface area (Å²) in [6.07, 6.45) is 2.12. The quantitative estimate of drug-likeness (QED) is 0.640. The molecule has 0 saturated carbocycles. The Morgan fingerprint density at radius 1 is 1.14 bits per heavy atom.